The predicted octanol–water partition coefficient (Wildman–Crippen LogP) is 5.74. The maximum atomic E-state index is 13.1. The summed E-state index contributed by atoms with van der Waals surface area (Å²) in [6, 6.07) is 17.6. The molecule has 36 heavy (non-hydrogen) atoms. The summed E-state index contributed by atoms with van der Waals surface area (Å²) in [5, 5.41) is 9.58. The number of hydrogen-bond acceptors (Lipinski definition) is 6. The first-order valence-electron chi connectivity index (χ1n) is 11.1. The minimum atomic E-state index is -1.01. The molecule has 0 aliphatic carbocycles. The molecule has 1 saturated heterocycles. The van der Waals surface area contributed by atoms with E-state index in [-0.39, 0.29) is 23.9 Å². The average Bonchev–Trinajstić information content (AvgIpc) is 3.17. The normalized spacial score (nSPS) is 15.5. The number of amidine groups is 1. The molecular formula is C27H23FN2O5S. The number of benzene rings is 3. The summed E-state index contributed by atoms with van der Waals surface area (Å²) >= 11 is 1.25. The van der Waals surface area contributed by atoms with Gasteiger partial charge < -0.3 is 14.6 Å². The number of thioether (sulfide) groups is 1. The van der Waals surface area contributed by atoms with Crippen molar-refractivity contribution < 1.29 is 28.6 Å². The second kappa shape index (κ2) is 11.1. The summed E-state index contributed by atoms with van der Waals surface area (Å²) in [4.78, 5) is 30.7. The van der Waals surface area contributed by atoms with Gasteiger partial charge in [-0.25, -0.2) is 14.2 Å². The fraction of sp³-hybridized carbons (Fsp3) is 0.148. The van der Waals surface area contributed by atoms with Gasteiger partial charge in [-0.1, -0.05) is 18.2 Å². The number of carboxylic acids is 1. The number of aromatic carboxylic acids is 1. The number of carbonyl (C=O) groups is 2. The fourth-order valence-electron chi connectivity index (χ4n) is 3.45. The van der Waals surface area contributed by atoms with Gasteiger partial charge in [0, 0.05) is 6.54 Å². The second-order valence-electron chi connectivity index (χ2n) is 7.73. The summed E-state index contributed by atoms with van der Waals surface area (Å²) in [5.74, 6) is -0.460. The van der Waals surface area contributed by atoms with E-state index >= 15 is 0 Å². The van der Waals surface area contributed by atoms with Gasteiger partial charge in [0.1, 0.15) is 12.4 Å². The number of likely N-dealkylation sites (N-methyl/N-ethyl adjacent to an activating group) is 1. The number of methoxy groups -OCH3 is 1. The van der Waals surface area contributed by atoms with Crippen LogP contribution >= 0.6 is 11.8 Å². The summed E-state index contributed by atoms with van der Waals surface area (Å²) in [6.45, 7) is 2.56. The van der Waals surface area contributed by atoms with E-state index in [9.17, 15) is 14.0 Å². The minimum absolute atomic E-state index is 0.168. The Balaban J connectivity index is 1.53. The van der Waals surface area contributed by atoms with Crippen LogP contribution in [0.4, 0.5) is 10.1 Å². The molecule has 3 aromatic carbocycles. The van der Waals surface area contributed by atoms with E-state index in [1.54, 1.807) is 47.4 Å². The van der Waals surface area contributed by atoms with Crippen molar-refractivity contribution in [1.29, 1.82) is 0 Å². The van der Waals surface area contributed by atoms with E-state index in [0.717, 1.165) is 11.1 Å². The molecule has 3 aromatic rings. The first-order valence-corrected chi connectivity index (χ1v) is 11.9. The van der Waals surface area contributed by atoms with Gasteiger partial charge in [0.2, 0.25) is 0 Å². The highest BCUT2D eigenvalue weighted by Crippen LogP contribution is 2.36. The van der Waals surface area contributed by atoms with Crippen molar-refractivity contribution in [3.8, 4) is 11.5 Å². The standard InChI is InChI=1S/C27H23FN2O5S/c1-3-30-25(31)24(36-27(30)29-21-11-7-19(8-12-21)26(32)33)15-18-6-13-22(23(14-18)34-2)35-16-17-4-9-20(28)10-5-17/h4-15H,3,16H2,1-2H3,(H,32,33)/b24-15-,29-27?. The van der Waals surface area contributed by atoms with Gasteiger partial charge in [-0.3, -0.25) is 9.69 Å². The van der Waals surface area contributed by atoms with Crippen molar-refractivity contribution in [2.75, 3.05) is 13.7 Å². The predicted molar refractivity (Wildman–Crippen MR) is 137 cm³/mol. The molecule has 1 amide bonds. The van der Waals surface area contributed by atoms with E-state index in [2.05, 4.69) is 4.99 Å². The number of rotatable bonds is 8. The first-order chi connectivity index (χ1) is 17.4. The summed E-state index contributed by atoms with van der Waals surface area (Å²) in [7, 11) is 1.53. The summed E-state index contributed by atoms with van der Waals surface area (Å²) in [6.07, 6.45) is 1.76. The van der Waals surface area contributed by atoms with Crippen LogP contribution in [0.1, 0.15) is 28.4 Å². The first kappa shape index (κ1) is 25.0. The molecule has 4 rings (SSSR count). The summed E-state index contributed by atoms with van der Waals surface area (Å²) < 4.78 is 24.4. The number of hydrogen-bond donors (Lipinski definition) is 1. The van der Waals surface area contributed by atoms with Gasteiger partial charge in [0.25, 0.3) is 5.91 Å². The van der Waals surface area contributed by atoms with Crippen molar-refractivity contribution in [1.82, 2.24) is 4.90 Å². The molecule has 1 N–H and O–H groups in total. The molecule has 1 aliphatic rings. The monoisotopic (exact) mass is 506 g/mol. The Morgan fingerprint density at radius 1 is 1.08 bits per heavy atom. The Kier molecular flexibility index (Phi) is 7.70. The third-order valence-corrected chi connectivity index (χ3v) is 6.34. The van der Waals surface area contributed by atoms with Crippen LogP contribution in [-0.2, 0) is 11.4 Å². The molecule has 0 saturated carbocycles. The highest BCUT2D eigenvalue weighted by atomic mass is 32.2. The van der Waals surface area contributed by atoms with Crippen LogP contribution in [0, 0.1) is 5.82 Å². The third kappa shape index (κ3) is 5.75. The lowest BCUT2D eigenvalue weighted by Gasteiger charge is -2.12. The smallest absolute Gasteiger partial charge is 0.335 e. The quantitative estimate of drug-likeness (QED) is 0.392. The average molecular weight is 507 g/mol. The van der Waals surface area contributed by atoms with Crippen LogP contribution in [-0.4, -0.2) is 40.7 Å². The van der Waals surface area contributed by atoms with E-state index < -0.39 is 5.97 Å². The maximum absolute atomic E-state index is 13.1. The number of carboxylic acid groups (broad SMARTS) is 1. The van der Waals surface area contributed by atoms with Crippen LogP contribution in [0.3, 0.4) is 0 Å². The third-order valence-electron chi connectivity index (χ3n) is 5.34. The van der Waals surface area contributed by atoms with Gasteiger partial charge in [-0.15, -0.1) is 0 Å². The molecule has 0 bridgehead atoms. The van der Waals surface area contributed by atoms with Crippen LogP contribution in [0.15, 0.2) is 76.6 Å². The number of halogens is 1. The van der Waals surface area contributed by atoms with Crippen LogP contribution < -0.4 is 9.47 Å². The van der Waals surface area contributed by atoms with Gasteiger partial charge in [-0.05, 0) is 84.4 Å². The Bertz CT molecular complexity index is 1340. The lowest BCUT2D eigenvalue weighted by atomic mass is 10.1. The largest absolute Gasteiger partial charge is 0.493 e. The van der Waals surface area contributed by atoms with Crippen LogP contribution in [0.25, 0.3) is 6.08 Å². The van der Waals surface area contributed by atoms with Crippen LogP contribution in [0.2, 0.25) is 0 Å². The molecule has 7 nitrogen and oxygen atoms in total. The van der Waals surface area contributed by atoms with Crippen molar-refractivity contribution in [3.63, 3.8) is 0 Å². The SMILES string of the molecule is CCN1C(=O)/C(=C/c2ccc(OCc3ccc(F)cc3)c(OC)c2)SC1=Nc1ccc(C(=O)O)cc1. The highest BCUT2D eigenvalue weighted by Gasteiger charge is 2.32. The zero-order valence-corrected chi connectivity index (χ0v) is 20.4. The molecule has 1 fully saturated rings. The molecule has 1 heterocycles. The Morgan fingerprint density at radius 2 is 1.81 bits per heavy atom. The number of aliphatic imine (C=N–C) groups is 1. The summed E-state index contributed by atoms with van der Waals surface area (Å²) in [5.41, 5.74) is 2.29. The zero-order valence-electron chi connectivity index (χ0n) is 19.6. The topological polar surface area (TPSA) is 88.4 Å². The van der Waals surface area contributed by atoms with Crippen molar-refractivity contribution >= 4 is 40.6 Å². The van der Waals surface area contributed by atoms with E-state index in [1.807, 2.05) is 13.0 Å². The molecule has 0 spiro atoms. The second-order valence-corrected chi connectivity index (χ2v) is 8.74. The zero-order chi connectivity index (χ0) is 25.7. The number of carbonyl (C=O) groups excluding carboxylic acids is 1. The molecule has 0 atom stereocenters. The van der Waals surface area contributed by atoms with E-state index in [4.69, 9.17) is 14.6 Å². The van der Waals surface area contributed by atoms with Crippen LogP contribution in [0.5, 0.6) is 11.5 Å². The lowest BCUT2D eigenvalue weighted by molar-refractivity contribution is -0.122. The Labute approximate surface area is 211 Å². The van der Waals surface area contributed by atoms with Gasteiger partial charge in [-0.2, -0.15) is 0 Å². The molecular weight excluding hydrogens is 483 g/mol. The fourth-order valence-corrected chi connectivity index (χ4v) is 4.51. The molecule has 9 heteroatoms. The van der Waals surface area contributed by atoms with Gasteiger partial charge in [0.05, 0.1) is 23.3 Å². The molecule has 0 aromatic heterocycles. The Hall–Kier alpha value is -4.11. The van der Waals surface area contributed by atoms with E-state index in [0.29, 0.717) is 33.8 Å². The maximum Gasteiger partial charge on any atom is 0.335 e. The molecule has 184 valence electrons. The molecule has 0 radical (unpaired) electrons. The minimum Gasteiger partial charge on any atom is -0.493 e. The van der Waals surface area contributed by atoms with Crippen molar-refractivity contribution in [2.24, 2.45) is 4.99 Å². The highest BCUT2D eigenvalue weighted by molar-refractivity contribution is 8.18. The van der Waals surface area contributed by atoms with Gasteiger partial charge >= 0.3 is 5.97 Å². The number of amides is 1. The van der Waals surface area contributed by atoms with Crippen molar-refractivity contribution in [2.45, 2.75) is 13.5 Å². The molecule has 0 unspecified atom stereocenters. The number of nitrogens with zero attached hydrogens (tertiary/aromatic N) is 2. The molecule has 1 aliphatic heterocycles. The van der Waals surface area contributed by atoms with Gasteiger partial charge in [0.15, 0.2) is 16.7 Å². The number of ether oxygens (including phenoxy) is 2. The lowest BCUT2D eigenvalue weighted by Crippen LogP contribution is -2.28. The van der Waals surface area contributed by atoms with Crippen molar-refractivity contribution in [3.05, 3.63) is 94.1 Å². The van der Waals surface area contributed by atoms with E-state index in [1.165, 1.54) is 43.1 Å². The Morgan fingerprint density at radius 3 is 2.44 bits per heavy atom.